The predicted molar refractivity (Wildman–Crippen MR) is 106 cm³/mol. The van der Waals surface area contributed by atoms with E-state index in [1.807, 2.05) is 0 Å². The number of nitrogens with zero attached hydrogens (tertiary/aromatic N) is 1. The number of amides is 2. The van der Waals surface area contributed by atoms with Gasteiger partial charge in [0, 0.05) is 20.1 Å². The molecular weight excluding hydrogens is 366 g/mol. The number of hydrogen-bond acceptors (Lipinski definition) is 6. The monoisotopic (exact) mass is 395 g/mol. The molecule has 150 valence electrons. The van der Waals surface area contributed by atoms with Gasteiger partial charge in [-0.05, 0) is 37.7 Å². The molecule has 1 fully saturated rings. The largest absolute Gasteiger partial charge is 0.462 e. The lowest BCUT2D eigenvalue weighted by atomic mass is 9.92. The summed E-state index contributed by atoms with van der Waals surface area (Å²) in [4.78, 5) is 39.6. The molecule has 0 bridgehead atoms. The number of rotatable bonds is 6. The summed E-state index contributed by atoms with van der Waals surface area (Å²) in [5.41, 5.74) is 0.780. The minimum absolute atomic E-state index is 0.188. The first-order valence-corrected chi connectivity index (χ1v) is 10.1. The Morgan fingerprint density at radius 2 is 1.85 bits per heavy atom. The second kappa shape index (κ2) is 9.32. The lowest BCUT2D eigenvalue weighted by Crippen LogP contribution is -2.42. The Bertz CT molecular complexity index is 706. The number of carbonyl (C=O) groups is 3. The minimum Gasteiger partial charge on any atom is -0.462 e. The zero-order valence-corrected chi connectivity index (χ0v) is 17.5. The molecule has 1 aliphatic rings. The molecule has 8 heteroatoms. The molecule has 0 saturated carbocycles. The van der Waals surface area contributed by atoms with Gasteiger partial charge in [-0.25, -0.2) is 4.79 Å². The summed E-state index contributed by atoms with van der Waals surface area (Å²) in [6.07, 6.45) is 1.17. The van der Waals surface area contributed by atoms with E-state index in [1.165, 1.54) is 13.5 Å². The Morgan fingerprint density at radius 3 is 2.41 bits per heavy atom. The van der Waals surface area contributed by atoms with Crippen LogP contribution in [0.25, 0.3) is 0 Å². The smallest absolute Gasteiger partial charge is 0.341 e. The highest BCUT2D eigenvalue weighted by atomic mass is 32.1. The first kappa shape index (κ1) is 21.4. The highest BCUT2D eigenvalue weighted by Crippen LogP contribution is 2.34. The summed E-state index contributed by atoms with van der Waals surface area (Å²) in [6, 6.07) is 0. The number of nitrogens with one attached hydrogen (secondary N) is 2. The molecule has 0 unspecified atom stereocenters. The molecule has 1 aliphatic heterocycles. The van der Waals surface area contributed by atoms with Crippen LogP contribution in [0.4, 0.5) is 5.00 Å². The molecular formula is C19H29N3O4S. The molecule has 2 N–H and O–H groups in total. The predicted octanol–water partition coefficient (Wildman–Crippen LogP) is 2.51. The van der Waals surface area contributed by atoms with E-state index in [-0.39, 0.29) is 30.5 Å². The van der Waals surface area contributed by atoms with Crippen molar-refractivity contribution < 1.29 is 19.1 Å². The molecule has 0 aliphatic carbocycles. The minimum atomic E-state index is -0.531. The molecule has 1 saturated heterocycles. The second-order valence-corrected chi connectivity index (χ2v) is 8.27. The van der Waals surface area contributed by atoms with E-state index >= 15 is 0 Å². The van der Waals surface area contributed by atoms with Gasteiger partial charge in [-0.15, -0.1) is 11.3 Å². The number of esters is 1. The summed E-state index contributed by atoms with van der Waals surface area (Å²) >= 11 is 1.10. The van der Waals surface area contributed by atoms with Crippen LogP contribution in [-0.4, -0.2) is 56.0 Å². The van der Waals surface area contributed by atoms with Crippen molar-refractivity contribution in [3.05, 3.63) is 16.0 Å². The molecule has 1 aromatic heterocycles. The quantitative estimate of drug-likeness (QED) is 0.723. The first-order valence-electron chi connectivity index (χ1n) is 9.31. The Labute approximate surface area is 164 Å². The Kier molecular flexibility index (Phi) is 7.38. The summed E-state index contributed by atoms with van der Waals surface area (Å²) in [5.74, 6) is 0.103. The number of hydrogen-bond donors (Lipinski definition) is 2. The Hall–Kier alpha value is -1.93. The van der Waals surface area contributed by atoms with Gasteiger partial charge < -0.3 is 15.4 Å². The molecule has 1 aromatic rings. The van der Waals surface area contributed by atoms with Crippen molar-refractivity contribution in [2.24, 2.45) is 11.8 Å². The van der Waals surface area contributed by atoms with Gasteiger partial charge in [-0.2, -0.15) is 0 Å². The van der Waals surface area contributed by atoms with Crippen molar-refractivity contribution >= 4 is 34.1 Å². The van der Waals surface area contributed by atoms with Crippen LogP contribution in [0.3, 0.4) is 0 Å². The average Bonchev–Trinajstić information content (AvgIpc) is 2.89. The third-order valence-electron chi connectivity index (χ3n) is 4.62. The van der Waals surface area contributed by atoms with Crippen molar-refractivity contribution in [1.82, 2.24) is 10.2 Å². The number of ether oxygens (including phenoxy) is 1. The van der Waals surface area contributed by atoms with E-state index < -0.39 is 5.97 Å². The normalized spacial score (nSPS) is 20.2. The van der Waals surface area contributed by atoms with E-state index in [9.17, 15) is 14.4 Å². The molecule has 2 amide bonds. The van der Waals surface area contributed by atoms with E-state index in [1.54, 1.807) is 13.8 Å². The van der Waals surface area contributed by atoms with Gasteiger partial charge in [0.25, 0.3) is 5.91 Å². The second-order valence-electron chi connectivity index (χ2n) is 7.25. The molecule has 27 heavy (non-hydrogen) atoms. The summed E-state index contributed by atoms with van der Waals surface area (Å²) in [7, 11) is 1.53. The number of likely N-dealkylation sites (tertiary alicyclic amines) is 1. The highest BCUT2D eigenvalue weighted by Gasteiger charge is 2.28. The van der Waals surface area contributed by atoms with E-state index in [4.69, 9.17) is 4.74 Å². The van der Waals surface area contributed by atoms with Crippen LogP contribution in [0.15, 0.2) is 0 Å². The average molecular weight is 396 g/mol. The maximum Gasteiger partial charge on any atom is 0.341 e. The van der Waals surface area contributed by atoms with Crippen LogP contribution in [0.2, 0.25) is 0 Å². The van der Waals surface area contributed by atoms with Gasteiger partial charge in [0.1, 0.15) is 5.00 Å². The fourth-order valence-electron chi connectivity index (χ4n) is 3.67. The van der Waals surface area contributed by atoms with Gasteiger partial charge >= 0.3 is 5.97 Å². The van der Waals surface area contributed by atoms with Crippen molar-refractivity contribution in [3.63, 3.8) is 0 Å². The highest BCUT2D eigenvalue weighted by molar-refractivity contribution is 7.18. The van der Waals surface area contributed by atoms with Crippen molar-refractivity contribution in [1.29, 1.82) is 0 Å². The summed E-state index contributed by atoms with van der Waals surface area (Å²) in [6.45, 7) is 10.1. The van der Waals surface area contributed by atoms with Gasteiger partial charge in [-0.1, -0.05) is 13.8 Å². The zero-order chi connectivity index (χ0) is 20.1. The third-order valence-corrected chi connectivity index (χ3v) is 5.83. The maximum atomic E-state index is 12.6. The number of carbonyl (C=O) groups excluding carboxylic acids is 3. The molecule has 0 aromatic carbocycles. The SMILES string of the molecule is CCOC(=O)c1c(NC(=O)CN2C[C@H](C)C[C@@H](C)C2)sc(C(=O)NC)c1C. The van der Waals surface area contributed by atoms with Gasteiger partial charge in [-0.3, -0.25) is 14.5 Å². The van der Waals surface area contributed by atoms with Crippen LogP contribution in [-0.2, 0) is 9.53 Å². The number of piperidine rings is 1. The molecule has 2 heterocycles. The van der Waals surface area contributed by atoms with Crippen molar-refractivity contribution in [3.8, 4) is 0 Å². The van der Waals surface area contributed by atoms with Gasteiger partial charge in [0.05, 0.1) is 23.6 Å². The molecule has 7 nitrogen and oxygen atoms in total. The fourth-order valence-corrected chi connectivity index (χ4v) is 4.83. The summed E-state index contributed by atoms with van der Waals surface area (Å²) in [5, 5.41) is 5.75. The van der Waals surface area contributed by atoms with Crippen molar-refractivity contribution in [2.45, 2.75) is 34.1 Å². The van der Waals surface area contributed by atoms with Gasteiger partial charge in [0.2, 0.25) is 5.91 Å². The number of anilines is 1. The third kappa shape index (κ3) is 5.29. The van der Waals surface area contributed by atoms with Crippen molar-refractivity contribution in [2.75, 3.05) is 38.6 Å². The Balaban J connectivity index is 2.19. The standard InChI is InChI=1S/C19H29N3O4S/c1-6-26-19(25)15-13(4)16(17(24)20-5)27-18(15)21-14(23)10-22-8-11(2)7-12(3)9-22/h11-12H,6-10H2,1-5H3,(H,20,24)(H,21,23)/t11-,12-/m1/s1. The van der Waals surface area contributed by atoms with Crippen LogP contribution < -0.4 is 10.6 Å². The van der Waals surface area contributed by atoms with Crippen LogP contribution in [0.5, 0.6) is 0 Å². The molecule has 2 rings (SSSR count). The Morgan fingerprint density at radius 1 is 1.22 bits per heavy atom. The van der Waals surface area contributed by atoms with E-state index in [0.29, 0.717) is 27.3 Å². The number of thiophene rings is 1. The van der Waals surface area contributed by atoms with E-state index in [0.717, 1.165) is 24.4 Å². The summed E-state index contributed by atoms with van der Waals surface area (Å²) < 4.78 is 5.11. The van der Waals surface area contributed by atoms with Gasteiger partial charge in [0.15, 0.2) is 0 Å². The first-order chi connectivity index (χ1) is 12.8. The van der Waals surface area contributed by atoms with Crippen LogP contribution in [0.1, 0.15) is 52.8 Å². The molecule has 0 radical (unpaired) electrons. The lowest BCUT2D eigenvalue weighted by Gasteiger charge is -2.34. The molecule has 2 atom stereocenters. The van der Waals surface area contributed by atoms with Crippen LogP contribution >= 0.6 is 11.3 Å². The maximum absolute atomic E-state index is 12.6. The lowest BCUT2D eigenvalue weighted by molar-refractivity contribution is -0.117. The topological polar surface area (TPSA) is 87.7 Å². The molecule has 0 spiro atoms. The fraction of sp³-hybridized carbons (Fsp3) is 0.632. The zero-order valence-electron chi connectivity index (χ0n) is 16.7. The van der Waals surface area contributed by atoms with Crippen LogP contribution in [0, 0.1) is 18.8 Å². The van der Waals surface area contributed by atoms with E-state index in [2.05, 4.69) is 29.4 Å².